The first-order chi connectivity index (χ1) is 14.7. The van der Waals surface area contributed by atoms with Gasteiger partial charge in [-0.25, -0.2) is 13.8 Å². The fourth-order valence-electron chi connectivity index (χ4n) is 3.54. The monoisotopic (exact) mass is 422 g/mol. The molecule has 1 amide bonds. The number of aryl methyl sites for hydroxylation is 1. The van der Waals surface area contributed by atoms with Crippen LogP contribution in [0.5, 0.6) is 0 Å². The lowest BCUT2D eigenvalue weighted by molar-refractivity contribution is -0.119. The highest BCUT2D eigenvalue weighted by atomic mass is 19.3. The van der Waals surface area contributed by atoms with Crippen molar-refractivity contribution in [3.8, 4) is 17.2 Å². The molecule has 4 rings (SSSR count). The number of hydrogen-bond donors (Lipinski definition) is 2. The van der Waals surface area contributed by atoms with Crippen molar-refractivity contribution >= 4 is 22.5 Å². The fraction of sp³-hybridized carbons (Fsp3) is 0.304. The van der Waals surface area contributed by atoms with Crippen molar-refractivity contribution in [2.24, 2.45) is 5.92 Å². The maximum Gasteiger partial charge on any atom is 0.260 e. The Morgan fingerprint density at radius 1 is 1.26 bits per heavy atom. The van der Waals surface area contributed by atoms with Crippen LogP contribution in [0.2, 0.25) is 0 Å². The largest absolute Gasteiger partial charge is 0.387 e. The molecular weight excluding hydrogens is 402 g/mol. The van der Waals surface area contributed by atoms with Crippen LogP contribution in [0.4, 0.5) is 14.6 Å². The van der Waals surface area contributed by atoms with Crippen molar-refractivity contribution in [2.45, 2.75) is 38.7 Å². The summed E-state index contributed by atoms with van der Waals surface area (Å²) in [6.45, 7) is 3.76. The number of amides is 1. The van der Waals surface area contributed by atoms with Gasteiger partial charge in [0, 0.05) is 35.3 Å². The third-order valence-corrected chi connectivity index (χ3v) is 5.52. The molecule has 1 fully saturated rings. The SMILES string of the molecule is CCC(O)c1cc(C)c(-c2cc3cnc(NC(=O)[C@H]4CC4(F)F)cc3cc2C#N)cn1. The lowest BCUT2D eigenvalue weighted by atomic mass is 9.94. The molecule has 0 saturated heterocycles. The first-order valence-electron chi connectivity index (χ1n) is 9.91. The summed E-state index contributed by atoms with van der Waals surface area (Å²) in [5.41, 5.74) is 3.29. The molecule has 1 saturated carbocycles. The number of nitriles is 1. The van der Waals surface area contributed by atoms with Gasteiger partial charge in [-0.05, 0) is 48.6 Å². The van der Waals surface area contributed by atoms with E-state index in [1.807, 2.05) is 19.9 Å². The number of carbonyl (C=O) groups is 1. The predicted molar refractivity (Wildman–Crippen MR) is 111 cm³/mol. The second kappa shape index (κ2) is 7.67. The highest BCUT2D eigenvalue weighted by molar-refractivity contribution is 5.97. The molecule has 31 heavy (non-hydrogen) atoms. The summed E-state index contributed by atoms with van der Waals surface area (Å²) in [6, 6.07) is 9.02. The van der Waals surface area contributed by atoms with Crippen LogP contribution in [0.1, 0.15) is 42.7 Å². The lowest BCUT2D eigenvalue weighted by Crippen LogP contribution is -2.18. The quantitative estimate of drug-likeness (QED) is 0.630. The van der Waals surface area contributed by atoms with Gasteiger partial charge in [-0.2, -0.15) is 5.26 Å². The zero-order valence-electron chi connectivity index (χ0n) is 17.0. The highest BCUT2D eigenvalue weighted by Gasteiger charge is 2.61. The standard InChI is InChI=1S/C23H20F2N4O2/c1-3-20(30)19-4-12(2)17(11-27-19)16-6-15-10-28-21(7-13(15)5-14(16)9-26)29-22(31)18-8-23(18,24)25/h4-7,10-11,18,20,30H,3,8H2,1-2H3,(H,28,29,31)/t18-,20?/m1/s1. The van der Waals surface area contributed by atoms with Gasteiger partial charge >= 0.3 is 0 Å². The number of carbonyl (C=O) groups excluding carboxylic acids is 1. The van der Waals surface area contributed by atoms with Crippen LogP contribution in [0.3, 0.4) is 0 Å². The minimum atomic E-state index is -2.95. The lowest BCUT2D eigenvalue weighted by Gasteiger charge is -2.13. The van der Waals surface area contributed by atoms with Gasteiger partial charge in [0.05, 0.1) is 23.4 Å². The molecule has 2 N–H and O–H groups in total. The van der Waals surface area contributed by atoms with Crippen LogP contribution in [-0.2, 0) is 4.79 Å². The zero-order valence-corrected chi connectivity index (χ0v) is 17.0. The molecule has 2 atom stereocenters. The number of benzene rings is 1. The van der Waals surface area contributed by atoms with Gasteiger partial charge in [0.1, 0.15) is 11.7 Å². The van der Waals surface area contributed by atoms with Crippen LogP contribution in [0.25, 0.3) is 21.9 Å². The Morgan fingerprint density at radius 2 is 2.00 bits per heavy atom. The molecule has 1 aliphatic carbocycles. The third kappa shape index (κ3) is 3.97. The molecule has 3 aromatic rings. The molecule has 1 aromatic carbocycles. The summed E-state index contributed by atoms with van der Waals surface area (Å²) >= 11 is 0. The van der Waals surface area contributed by atoms with E-state index in [0.29, 0.717) is 28.6 Å². The number of anilines is 1. The highest BCUT2D eigenvalue weighted by Crippen LogP contribution is 2.49. The van der Waals surface area contributed by atoms with Crippen LogP contribution in [0, 0.1) is 24.2 Å². The van der Waals surface area contributed by atoms with Crippen LogP contribution in [0.15, 0.2) is 36.7 Å². The first kappa shape index (κ1) is 20.8. The number of pyridine rings is 2. The molecule has 1 unspecified atom stereocenters. The molecule has 2 aromatic heterocycles. The number of aromatic nitrogens is 2. The van der Waals surface area contributed by atoms with E-state index in [1.54, 1.807) is 24.4 Å². The van der Waals surface area contributed by atoms with Gasteiger partial charge in [-0.15, -0.1) is 0 Å². The Hall–Kier alpha value is -3.44. The fourth-order valence-corrected chi connectivity index (χ4v) is 3.54. The molecule has 2 heterocycles. The second-order valence-electron chi connectivity index (χ2n) is 7.78. The second-order valence-corrected chi connectivity index (χ2v) is 7.78. The maximum atomic E-state index is 13.1. The zero-order chi connectivity index (χ0) is 22.3. The number of hydrogen-bond acceptors (Lipinski definition) is 5. The van der Waals surface area contributed by atoms with Crippen molar-refractivity contribution in [1.29, 1.82) is 5.26 Å². The molecular formula is C23H20F2N4O2. The number of fused-ring (bicyclic) bond motifs is 1. The minimum Gasteiger partial charge on any atom is -0.387 e. The van der Waals surface area contributed by atoms with Crippen molar-refractivity contribution in [3.63, 3.8) is 0 Å². The minimum absolute atomic E-state index is 0.160. The van der Waals surface area contributed by atoms with E-state index in [0.717, 1.165) is 16.5 Å². The molecule has 158 valence electrons. The number of rotatable bonds is 5. The van der Waals surface area contributed by atoms with E-state index in [2.05, 4.69) is 21.4 Å². The van der Waals surface area contributed by atoms with E-state index in [9.17, 15) is 23.9 Å². The van der Waals surface area contributed by atoms with Gasteiger partial charge in [-0.1, -0.05) is 6.92 Å². The van der Waals surface area contributed by atoms with Crippen LogP contribution >= 0.6 is 0 Å². The Labute approximate surface area is 177 Å². The molecule has 0 aliphatic heterocycles. The number of nitrogens with one attached hydrogen (secondary N) is 1. The number of alkyl halides is 2. The smallest absolute Gasteiger partial charge is 0.260 e. The van der Waals surface area contributed by atoms with Crippen molar-refractivity contribution in [2.75, 3.05) is 5.32 Å². The topological polar surface area (TPSA) is 98.9 Å². The van der Waals surface area contributed by atoms with E-state index >= 15 is 0 Å². The molecule has 0 spiro atoms. The average molecular weight is 422 g/mol. The van der Waals surface area contributed by atoms with Gasteiger partial charge in [0.25, 0.3) is 5.92 Å². The van der Waals surface area contributed by atoms with Crippen molar-refractivity contribution < 1.29 is 18.7 Å². The van der Waals surface area contributed by atoms with Crippen molar-refractivity contribution in [1.82, 2.24) is 9.97 Å². The van der Waals surface area contributed by atoms with Gasteiger partial charge in [0.2, 0.25) is 5.91 Å². The Balaban J connectivity index is 1.69. The summed E-state index contributed by atoms with van der Waals surface area (Å²) < 4.78 is 26.2. The third-order valence-electron chi connectivity index (χ3n) is 5.52. The Kier molecular flexibility index (Phi) is 5.15. The predicted octanol–water partition coefficient (Wildman–Crippen LogP) is 4.51. The van der Waals surface area contributed by atoms with E-state index in [4.69, 9.17) is 0 Å². The summed E-state index contributed by atoms with van der Waals surface area (Å²) in [4.78, 5) is 20.4. The summed E-state index contributed by atoms with van der Waals surface area (Å²) in [6.07, 6.45) is 2.62. The maximum absolute atomic E-state index is 13.1. The molecule has 0 bridgehead atoms. The Bertz CT molecular complexity index is 1240. The number of aliphatic hydroxyl groups is 1. The molecule has 0 radical (unpaired) electrons. The van der Waals surface area contributed by atoms with E-state index < -0.39 is 30.3 Å². The first-order valence-corrected chi connectivity index (χ1v) is 9.91. The summed E-state index contributed by atoms with van der Waals surface area (Å²) in [5, 5.41) is 23.5. The normalized spacial score (nSPS) is 17.7. The van der Waals surface area contributed by atoms with E-state index in [1.165, 1.54) is 6.20 Å². The van der Waals surface area contributed by atoms with Crippen molar-refractivity contribution in [3.05, 3.63) is 53.5 Å². The molecule has 8 heteroatoms. The molecule has 6 nitrogen and oxygen atoms in total. The van der Waals surface area contributed by atoms with Crippen LogP contribution < -0.4 is 5.32 Å². The average Bonchev–Trinajstić information content (AvgIpc) is 3.40. The van der Waals surface area contributed by atoms with E-state index in [-0.39, 0.29) is 5.82 Å². The number of nitrogens with zero attached hydrogens (tertiary/aromatic N) is 3. The number of aliphatic hydroxyl groups excluding tert-OH is 1. The van der Waals surface area contributed by atoms with Gasteiger partial charge in [0.15, 0.2) is 0 Å². The summed E-state index contributed by atoms with van der Waals surface area (Å²) in [5.74, 6) is -4.86. The number of halogens is 2. The van der Waals surface area contributed by atoms with Gasteiger partial charge in [-0.3, -0.25) is 9.78 Å². The summed E-state index contributed by atoms with van der Waals surface area (Å²) in [7, 11) is 0. The Morgan fingerprint density at radius 3 is 2.61 bits per heavy atom. The van der Waals surface area contributed by atoms with Gasteiger partial charge < -0.3 is 10.4 Å². The molecule has 1 aliphatic rings. The van der Waals surface area contributed by atoms with Crippen LogP contribution in [-0.4, -0.2) is 26.9 Å².